The van der Waals surface area contributed by atoms with Crippen LogP contribution in [0.15, 0.2) is 12.1 Å². The van der Waals surface area contributed by atoms with Gasteiger partial charge in [0.25, 0.3) is 0 Å². The molecule has 1 N–H and O–H groups in total. The maximum atomic E-state index is 13.8. The first kappa shape index (κ1) is 18.7. The van der Waals surface area contributed by atoms with Crippen LogP contribution in [0.4, 0.5) is 13.9 Å². The van der Waals surface area contributed by atoms with Crippen LogP contribution in [0, 0.1) is 17.6 Å². The lowest BCUT2D eigenvalue weighted by molar-refractivity contribution is -0.122. The number of nitrogens with zero attached hydrogens (tertiary/aromatic N) is 3. The number of rotatable bonds is 3. The lowest BCUT2D eigenvalue weighted by Crippen LogP contribution is -2.51. The summed E-state index contributed by atoms with van der Waals surface area (Å²) in [7, 11) is 2.15. The van der Waals surface area contributed by atoms with Gasteiger partial charge in [-0.1, -0.05) is 11.3 Å². The van der Waals surface area contributed by atoms with Crippen LogP contribution in [0.5, 0.6) is 0 Å². The lowest BCUT2D eigenvalue weighted by atomic mass is 9.94. The number of carbonyl (C=O) groups excluding carboxylic acids is 1. The van der Waals surface area contributed by atoms with Crippen LogP contribution in [-0.4, -0.2) is 60.0 Å². The summed E-state index contributed by atoms with van der Waals surface area (Å²) in [6.07, 6.45) is 4.22. The number of benzene rings is 1. The Kier molecular flexibility index (Phi) is 5.39. The molecule has 8 heteroatoms. The average Bonchev–Trinajstić information content (AvgIpc) is 3.04. The third-order valence-corrected chi connectivity index (χ3v) is 6.50. The largest absolute Gasteiger partial charge is 0.305 e. The van der Waals surface area contributed by atoms with Gasteiger partial charge in [0, 0.05) is 25.2 Å². The molecule has 3 heterocycles. The number of fused-ring (bicyclic) bond motifs is 1. The second-order valence-electron chi connectivity index (χ2n) is 7.64. The highest BCUT2D eigenvalue weighted by molar-refractivity contribution is 7.22. The molecule has 0 bridgehead atoms. The fourth-order valence-electron chi connectivity index (χ4n) is 4.21. The number of carbonyl (C=O) groups is 1. The first-order chi connectivity index (χ1) is 13.0. The Morgan fingerprint density at radius 3 is 2.85 bits per heavy atom. The van der Waals surface area contributed by atoms with Crippen molar-refractivity contribution in [2.24, 2.45) is 5.92 Å². The number of likely N-dealkylation sites (N-methyl/N-ethyl adjacent to an activating group) is 1. The van der Waals surface area contributed by atoms with Crippen molar-refractivity contribution in [3.8, 4) is 0 Å². The second kappa shape index (κ2) is 7.77. The fourth-order valence-corrected chi connectivity index (χ4v) is 5.12. The van der Waals surface area contributed by atoms with Gasteiger partial charge in [-0.3, -0.25) is 9.69 Å². The van der Waals surface area contributed by atoms with Gasteiger partial charge in [0.05, 0.1) is 10.6 Å². The lowest BCUT2D eigenvalue weighted by Gasteiger charge is -2.41. The third-order valence-electron chi connectivity index (χ3n) is 5.58. The minimum atomic E-state index is -0.702. The Morgan fingerprint density at radius 2 is 2.04 bits per heavy atom. The molecule has 2 saturated heterocycles. The monoisotopic (exact) mass is 394 g/mol. The van der Waals surface area contributed by atoms with Crippen LogP contribution in [0.3, 0.4) is 0 Å². The van der Waals surface area contributed by atoms with Gasteiger partial charge in [0.1, 0.15) is 11.3 Å². The predicted molar refractivity (Wildman–Crippen MR) is 103 cm³/mol. The number of thiazole rings is 1. The summed E-state index contributed by atoms with van der Waals surface area (Å²) in [6, 6.07) is 2.57. The van der Waals surface area contributed by atoms with Crippen molar-refractivity contribution in [1.82, 2.24) is 14.8 Å². The molecule has 2 atom stereocenters. The topological polar surface area (TPSA) is 48.5 Å². The van der Waals surface area contributed by atoms with Crippen molar-refractivity contribution >= 4 is 32.6 Å². The molecule has 27 heavy (non-hydrogen) atoms. The average molecular weight is 394 g/mol. The van der Waals surface area contributed by atoms with Crippen molar-refractivity contribution in [2.75, 3.05) is 38.5 Å². The third kappa shape index (κ3) is 4.12. The number of hydrogen-bond donors (Lipinski definition) is 1. The molecule has 2 unspecified atom stereocenters. The highest BCUT2D eigenvalue weighted by Gasteiger charge is 2.31. The Balaban J connectivity index is 1.42. The number of hydrogen-bond acceptors (Lipinski definition) is 5. The van der Waals surface area contributed by atoms with E-state index in [2.05, 4.69) is 27.1 Å². The van der Waals surface area contributed by atoms with Gasteiger partial charge in [0.15, 0.2) is 10.9 Å². The molecular weight excluding hydrogens is 370 g/mol. The van der Waals surface area contributed by atoms with Crippen molar-refractivity contribution in [3.63, 3.8) is 0 Å². The van der Waals surface area contributed by atoms with Crippen LogP contribution in [0.25, 0.3) is 10.2 Å². The molecule has 4 rings (SSSR count). The number of nitrogens with one attached hydrogen (secondary N) is 1. The molecule has 0 radical (unpaired) electrons. The number of halogens is 2. The summed E-state index contributed by atoms with van der Waals surface area (Å²) >= 11 is 1.10. The van der Waals surface area contributed by atoms with Crippen LogP contribution >= 0.6 is 11.3 Å². The van der Waals surface area contributed by atoms with Crippen LogP contribution in [0.2, 0.25) is 0 Å². The Labute approximate surface area is 161 Å². The molecule has 2 aliphatic heterocycles. The standard InChI is InChI=1S/C19H24F2N4OS/c1-24-6-3-5-14(11-24)25-7-2-4-12(10-25)18(26)23-19-22-17-15(21)8-13(20)9-16(17)27-19/h8-9,12,14H,2-7,10-11H2,1H3,(H,22,23,26). The summed E-state index contributed by atoms with van der Waals surface area (Å²) in [4.78, 5) is 21.7. The minimum Gasteiger partial charge on any atom is -0.305 e. The summed E-state index contributed by atoms with van der Waals surface area (Å²) in [5.41, 5.74) is 0.104. The first-order valence-corrected chi connectivity index (χ1v) is 10.3. The number of anilines is 1. The number of piperidine rings is 2. The molecule has 1 aromatic heterocycles. The van der Waals surface area contributed by atoms with Crippen molar-refractivity contribution in [3.05, 3.63) is 23.8 Å². The Morgan fingerprint density at radius 1 is 1.22 bits per heavy atom. The van der Waals surface area contributed by atoms with Crippen molar-refractivity contribution < 1.29 is 13.6 Å². The van der Waals surface area contributed by atoms with Crippen molar-refractivity contribution in [2.45, 2.75) is 31.7 Å². The van der Waals surface area contributed by atoms with Crippen LogP contribution in [0.1, 0.15) is 25.7 Å². The molecule has 2 aromatic rings. The SMILES string of the molecule is CN1CCCC(N2CCCC(C(=O)Nc3nc4c(F)cc(F)cc4s3)C2)C1. The molecule has 146 valence electrons. The molecular formula is C19H24F2N4OS. The summed E-state index contributed by atoms with van der Waals surface area (Å²) in [5, 5.41) is 3.15. The number of likely N-dealkylation sites (tertiary alicyclic amines) is 2. The van der Waals surface area contributed by atoms with Gasteiger partial charge >= 0.3 is 0 Å². The highest BCUT2D eigenvalue weighted by atomic mass is 32.1. The molecule has 2 fully saturated rings. The number of amides is 1. The molecule has 2 aliphatic rings. The maximum Gasteiger partial charge on any atom is 0.230 e. The van der Waals surface area contributed by atoms with Crippen LogP contribution in [-0.2, 0) is 4.79 Å². The number of aromatic nitrogens is 1. The van der Waals surface area contributed by atoms with Gasteiger partial charge in [-0.25, -0.2) is 13.8 Å². The normalized spacial score (nSPS) is 25.0. The predicted octanol–water partition coefficient (Wildman–Crippen LogP) is 3.32. The zero-order chi connectivity index (χ0) is 19.0. The Hall–Kier alpha value is -1.64. The zero-order valence-electron chi connectivity index (χ0n) is 15.4. The quantitative estimate of drug-likeness (QED) is 0.868. The fraction of sp³-hybridized carbons (Fsp3) is 0.579. The smallest absolute Gasteiger partial charge is 0.230 e. The van der Waals surface area contributed by atoms with E-state index in [0.717, 1.165) is 56.4 Å². The van der Waals surface area contributed by atoms with Crippen molar-refractivity contribution in [1.29, 1.82) is 0 Å². The molecule has 1 aromatic carbocycles. The molecule has 1 amide bonds. The second-order valence-corrected chi connectivity index (χ2v) is 8.67. The van der Waals surface area contributed by atoms with Gasteiger partial charge in [-0.2, -0.15) is 0 Å². The van der Waals surface area contributed by atoms with E-state index >= 15 is 0 Å². The summed E-state index contributed by atoms with van der Waals surface area (Å²) in [6.45, 7) is 3.98. The Bertz CT molecular complexity index is 842. The minimum absolute atomic E-state index is 0.0798. The summed E-state index contributed by atoms with van der Waals surface area (Å²) < 4.78 is 27.6. The van der Waals surface area contributed by atoms with E-state index in [1.807, 2.05) is 0 Å². The van der Waals surface area contributed by atoms with E-state index < -0.39 is 11.6 Å². The first-order valence-electron chi connectivity index (χ1n) is 9.48. The zero-order valence-corrected chi connectivity index (χ0v) is 16.2. The molecule has 0 spiro atoms. The molecule has 0 aliphatic carbocycles. The van der Waals surface area contributed by atoms with E-state index in [1.54, 1.807) is 0 Å². The van der Waals surface area contributed by atoms with E-state index in [-0.39, 0.29) is 17.3 Å². The van der Waals surface area contributed by atoms with Crippen LogP contribution < -0.4 is 5.32 Å². The van der Waals surface area contributed by atoms with E-state index in [1.165, 1.54) is 18.9 Å². The summed E-state index contributed by atoms with van der Waals surface area (Å²) in [5.74, 6) is -1.52. The maximum absolute atomic E-state index is 13.8. The molecule has 5 nitrogen and oxygen atoms in total. The van der Waals surface area contributed by atoms with E-state index in [0.29, 0.717) is 15.9 Å². The highest BCUT2D eigenvalue weighted by Crippen LogP contribution is 2.30. The van der Waals surface area contributed by atoms with E-state index in [9.17, 15) is 13.6 Å². The van der Waals surface area contributed by atoms with Gasteiger partial charge in [-0.05, 0) is 51.9 Å². The van der Waals surface area contributed by atoms with Gasteiger partial charge in [0.2, 0.25) is 5.91 Å². The van der Waals surface area contributed by atoms with Gasteiger partial charge < -0.3 is 10.2 Å². The molecule has 0 saturated carbocycles. The van der Waals surface area contributed by atoms with E-state index in [4.69, 9.17) is 0 Å². The van der Waals surface area contributed by atoms with Gasteiger partial charge in [-0.15, -0.1) is 0 Å².